The standard InChI is InChI=1S/C18H29NO4S/c1-18(2,3)11-10-16(19-12-5-13-24(20,21)22)14-15-6-8-17(23-4)9-7-15/h6-11,16,19H,5,12-14H2,1-4H3,(H,20,21,22)/t16-/m0/s1. The minimum atomic E-state index is -3.90. The lowest BCUT2D eigenvalue weighted by molar-refractivity contribution is 0.414. The van der Waals surface area contributed by atoms with E-state index < -0.39 is 10.1 Å². The van der Waals surface area contributed by atoms with E-state index in [4.69, 9.17) is 9.29 Å². The van der Waals surface area contributed by atoms with E-state index in [1.165, 1.54) is 5.56 Å². The molecule has 0 saturated heterocycles. The molecule has 0 amide bonds. The molecule has 0 saturated carbocycles. The van der Waals surface area contributed by atoms with Gasteiger partial charge in [-0.25, -0.2) is 0 Å². The Morgan fingerprint density at radius 2 is 1.88 bits per heavy atom. The maximum atomic E-state index is 10.8. The van der Waals surface area contributed by atoms with E-state index in [-0.39, 0.29) is 17.2 Å². The Balaban J connectivity index is 2.67. The summed E-state index contributed by atoms with van der Waals surface area (Å²) in [6, 6.07) is 8.00. The zero-order valence-electron chi connectivity index (χ0n) is 15.0. The number of nitrogens with one attached hydrogen (secondary N) is 1. The Morgan fingerprint density at radius 1 is 1.25 bits per heavy atom. The predicted molar refractivity (Wildman–Crippen MR) is 98.1 cm³/mol. The first-order valence-electron chi connectivity index (χ1n) is 8.10. The molecule has 5 nitrogen and oxygen atoms in total. The van der Waals surface area contributed by atoms with Crippen molar-refractivity contribution in [1.82, 2.24) is 5.32 Å². The average Bonchev–Trinajstić information content (AvgIpc) is 2.47. The molecule has 0 radical (unpaired) electrons. The zero-order valence-corrected chi connectivity index (χ0v) is 15.8. The second-order valence-corrected chi connectivity index (χ2v) is 8.55. The van der Waals surface area contributed by atoms with E-state index in [1.807, 2.05) is 24.3 Å². The van der Waals surface area contributed by atoms with Crippen molar-refractivity contribution in [2.75, 3.05) is 19.4 Å². The summed E-state index contributed by atoms with van der Waals surface area (Å²) < 4.78 is 35.5. The highest BCUT2D eigenvalue weighted by atomic mass is 32.2. The van der Waals surface area contributed by atoms with Gasteiger partial charge in [0.25, 0.3) is 10.1 Å². The Labute approximate surface area is 145 Å². The fourth-order valence-corrected chi connectivity index (χ4v) is 2.68. The first kappa shape index (κ1) is 20.7. The molecule has 0 unspecified atom stereocenters. The van der Waals surface area contributed by atoms with Crippen molar-refractivity contribution in [3.05, 3.63) is 42.0 Å². The number of hydrogen-bond donors (Lipinski definition) is 2. The molecule has 136 valence electrons. The van der Waals surface area contributed by atoms with Crippen molar-refractivity contribution in [2.24, 2.45) is 5.41 Å². The Hall–Kier alpha value is -1.37. The number of ether oxygens (including phenoxy) is 1. The molecule has 1 aromatic carbocycles. The van der Waals surface area contributed by atoms with Crippen molar-refractivity contribution in [3.8, 4) is 5.75 Å². The summed E-state index contributed by atoms with van der Waals surface area (Å²) in [5, 5.41) is 3.35. The summed E-state index contributed by atoms with van der Waals surface area (Å²) in [5.41, 5.74) is 1.25. The molecule has 0 bridgehead atoms. The SMILES string of the molecule is COc1ccc(C[C@H](C=CC(C)(C)C)NCCCS(=O)(=O)O)cc1. The highest BCUT2D eigenvalue weighted by Crippen LogP contribution is 2.17. The number of allylic oxidation sites excluding steroid dienone is 1. The summed E-state index contributed by atoms with van der Waals surface area (Å²) in [7, 11) is -2.26. The average molecular weight is 356 g/mol. The molecule has 1 rings (SSSR count). The van der Waals surface area contributed by atoms with Crippen LogP contribution >= 0.6 is 0 Å². The molecule has 0 aliphatic heterocycles. The summed E-state index contributed by atoms with van der Waals surface area (Å²) in [6.07, 6.45) is 5.44. The lowest BCUT2D eigenvalue weighted by Gasteiger charge is -2.18. The lowest BCUT2D eigenvalue weighted by Crippen LogP contribution is -2.31. The number of rotatable bonds is 9. The van der Waals surface area contributed by atoms with Crippen LogP contribution in [0.1, 0.15) is 32.8 Å². The molecule has 2 N–H and O–H groups in total. The normalized spacial score (nSPS) is 14.0. The minimum Gasteiger partial charge on any atom is -0.497 e. The molecule has 0 spiro atoms. The van der Waals surface area contributed by atoms with Gasteiger partial charge in [-0.15, -0.1) is 0 Å². The van der Waals surface area contributed by atoms with E-state index in [0.717, 1.165) is 12.2 Å². The van der Waals surface area contributed by atoms with Crippen molar-refractivity contribution >= 4 is 10.1 Å². The summed E-state index contributed by atoms with van der Waals surface area (Å²) >= 11 is 0. The Morgan fingerprint density at radius 3 is 2.38 bits per heavy atom. The molecule has 0 heterocycles. The first-order valence-corrected chi connectivity index (χ1v) is 9.71. The number of methoxy groups -OCH3 is 1. The molecule has 1 atom stereocenters. The van der Waals surface area contributed by atoms with Crippen molar-refractivity contribution in [3.63, 3.8) is 0 Å². The molecule has 24 heavy (non-hydrogen) atoms. The van der Waals surface area contributed by atoms with Crippen molar-refractivity contribution < 1.29 is 17.7 Å². The maximum absolute atomic E-state index is 10.8. The van der Waals surface area contributed by atoms with Gasteiger partial charge in [-0.2, -0.15) is 8.42 Å². The van der Waals surface area contributed by atoms with Crippen LogP contribution in [0.5, 0.6) is 5.75 Å². The van der Waals surface area contributed by atoms with Crippen LogP contribution in [0.3, 0.4) is 0 Å². The maximum Gasteiger partial charge on any atom is 0.264 e. The van der Waals surface area contributed by atoms with Gasteiger partial charge in [0.15, 0.2) is 0 Å². The smallest absolute Gasteiger partial charge is 0.264 e. The van der Waals surface area contributed by atoms with Gasteiger partial charge in [-0.05, 0) is 42.5 Å². The van der Waals surface area contributed by atoms with Gasteiger partial charge in [-0.1, -0.05) is 45.1 Å². The highest BCUT2D eigenvalue weighted by Gasteiger charge is 2.10. The second kappa shape index (κ2) is 9.20. The largest absolute Gasteiger partial charge is 0.497 e. The number of hydrogen-bond acceptors (Lipinski definition) is 4. The van der Waals surface area contributed by atoms with E-state index in [1.54, 1.807) is 7.11 Å². The molecule has 0 aliphatic carbocycles. The van der Waals surface area contributed by atoms with Crippen LogP contribution in [0.2, 0.25) is 0 Å². The van der Waals surface area contributed by atoms with Crippen molar-refractivity contribution in [2.45, 2.75) is 39.7 Å². The van der Waals surface area contributed by atoms with Gasteiger partial charge in [0.2, 0.25) is 0 Å². The van der Waals surface area contributed by atoms with Crippen LogP contribution in [0.4, 0.5) is 0 Å². The van der Waals surface area contributed by atoms with E-state index in [0.29, 0.717) is 13.0 Å². The number of benzene rings is 1. The molecule has 6 heteroatoms. The zero-order chi connectivity index (χ0) is 18.2. The lowest BCUT2D eigenvalue weighted by atomic mass is 9.94. The fourth-order valence-electron chi connectivity index (χ4n) is 2.17. The molecule has 1 aromatic rings. The summed E-state index contributed by atoms with van der Waals surface area (Å²) in [5.74, 6) is 0.597. The molecule has 0 aromatic heterocycles. The van der Waals surface area contributed by atoms with Gasteiger partial charge in [0.1, 0.15) is 5.75 Å². The quantitative estimate of drug-likeness (QED) is 0.404. The van der Waals surface area contributed by atoms with E-state index in [2.05, 4.69) is 38.2 Å². The summed E-state index contributed by atoms with van der Waals surface area (Å²) in [4.78, 5) is 0. The topological polar surface area (TPSA) is 75.6 Å². The van der Waals surface area contributed by atoms with E-state index in [9.17, 15) is 8.42 Å². The predicted octanol–water partition coefficient (Wildman–Crippen LogP) is 3.08. The molecular weight excluding hydrogens is 326 g/mol. The molecular formula is C18H29NO4S. The van der Waals surface area contributed by atoms with E-state index >= 15 is 0 Å². The molecule has 0 aliphatic rings. The van der Waals surface area contributed by atoms with Crippen LogP contribution in [0, 0.1) is 5.41 Å². The van der Waals surface area contributed by atoms with Crippen LogP contribution in [0.25, 0.3) is 0 Å². The molecule has 0 fully saturated rings. The highest BCUT2D eigenvalue weighted by molar-refractivity contribution is 7.85. The summed E-state index contributed by atoms with van der Waals surface area (Å²) in [6.45, 7) is 6.92. The van der Waals surface area contributed by atoms with Gasteiger partial charge in [-0.3, -0.25) is 4.55 Å². The fraction of sp³-hybridized carbons (Fsp3) is 0.556. The van der Waals surface area contributed by atoms with Crippen molar-refractivity contribution in [1.29, 1.82) is 0 Å². The first-order chi connectivity index (χ1) is 11.1. The Bertz CT molecular complexity index is 615. The second-order valence-electron chi connectivity index (χ2n) is 6.98. The van der Waals surface area contributed by atoms with Crippen LogP contribution < -0.4 is 10.1 Å². The van der Waals surface area contributed by atoms with Gasteiger partial charge in [0, 0.05) is 6.04 Å². The monoisotopic (exact) mass is 355 g/mol. The third kappa shape index (κ3) is 9.70. The third-order valence-corrected chi connectivity index (χ3v) is 4.23. The van der Waals surface area contributed by atoms with Crippen LogP contribution in [0.15, 0.2) is 36.4 Å². The van der Waals surface area contributed by atoms with Crippen LogP contribution in [-0.2, 0) is 16.5 Å². The third-order valence-electron chi connectivity index (χ3n) is 3.43. The van der Waals surface area contributed by atoms with Gasteiger partial charge >= 0.3 is 0 Å². The van der Waals surface area contributed by atoms with Gasteiger partial charge < -0.3 is 10.1 Å². The Kier molecular flexibility index (Phi) is 7.93. The van der Waals surface area contributed by atoms with Gasteiger partial charge in [0.05, 0.1) is 12.9 Å². The minimum absolute atomic E-state index is 0.0777. The van der Waals surface area contributed by atoms with Crippen LogP contribution in [-0.4, -0.2) is 38.4 Å².